The molecule has 0 saturated heterocycles. The first-order valence-corrected chi connectivity index (χ1v) is 10.3. The number of pyridine rings is 1. The number of hydrogen-bond donors (Lipinski definition) is 2. The Labute approximate surface area is 189 Å². The number of benzene rings is 3. The van der Waals surface area contributed by atoms with Crippen molar-refractivity contribution >= 4 is 28.3 Å². The summed E-state index contributed by atoms with van der Waals surface area (Å²) in [4.78, 5) is 29.3. The van der Waals surface area contributed by atoms with E-state index in [1.54, 1.807) is 55.6 Å². The van der Waals surface area contributed by atoms with Gasteiger partial charge in [0.15, 0.2) is 5.78 Å². The topological polar surface area (TPSA) is 88.5 Å². The summed E-state index contributed by atoms with van der Waals surface area (Å²) in [5, 5.41) is 13.2. The number of nitrogens with one attached hydrogen (secondary N) is 1. The molecule has 1 heterocycles. The molecule has 6 nitrogen and oxygen atoms in total. The van der Waals surface area contributed by atoms with Crippen molar-refractivity contribution in [2.45, 2.75) is 13.3 Å². The van der Waals surface area contributed by atoms with Crippen molar-refractivity contribution < 1.29 is 23.8 Å². The highest BCUT2D eigenvalue weighted by atomic mass is 19.1. The maximum absolute atomic E-state index is 13.5. The summed E-state index contributed by atoms with van der Waals surface area (Å²) in [7, 11) is 0. The van der Waals surface area contributed by atoms with Crippen molar-refractivity contribution in [2.24, 2.45) is 0 Å². The number of aromatic nitrogens is 1. The van der Waals surface area contributed by atoms with E-state index >= 15 is 0 Å². The fraction of sp³-hybridized carbons (Fsp3) is 0.115. The molecule has 0 aliphatic heterocycles. The van der Waals surface area contributed by atoms with Gasteiger partial charge in [-0.2, -0.15) is 0 Å². The van der Waals surface area contributed by atoms with E-state index in [4.69, 9.17) is 4.74 Å². The molecule has 1 aromatic heterocycles. The molecular formula is C26H21FN2O4. The molecule has 1 amide bonds. The SMILES string of the molecule is Cc1ccc(CC(=O)COc2ccc(NC(=O)c3cccc(F)c3)c3cccnc23)cc1O. The standard InChI is InChI=1S/C26H21FN2O4/c1-16-7-8-17(13-23(16)31)12-20(30)15-33-24-10-9-22(21-6-3-11-28-25(21)24)29-26(32)18-4-2-5-19(27)14-18/h2-11,13-14,31H,12,15H2,1H3,(H,29,32). The highest BCUT2D eigenvalue weighted by molar-refractivity contribution is 6.09. The first kappa shape index (κ1) is 22.0. The lowest BCUT2D eigenvalue weighted by Gasteiger charge is -2.13. The van der Waals surface area contributed by atoms with E-state index in [-0.39, 0.29) is 30.1 Å². The molecule has 4 aromatic rings. The Morgan fingerprint density at radius 2 is 1.91 bits per heavy atom. The van der Waals surface area contributed by atoms with Gasteiger partial charge in [0.25, 0.3) is 5.91 Å². The average molecular weight is 444 g/mol. The molecule has 0 atom stereocenters. The normalized spacial score (nSPS) is 10.7. The third-order valence-electron chi connectivity index (χ3n) is 5.13. The van der Waals surface area contributed by atoms with Gasteiger partial charge >= 0.3 is 0 Å². The maximum atomic E-state index is 13.5. The van der Waals surface area contributed by atoms with Gasteiger partial charge in [0.05, 0.1) is 5.69 Å². The van der Waals surface area contributed by atoms with Gasteiger partial charge in [-0.3, -0.25) is 14.6 Å². The monoisotopic (exact) mass is 444 g/mol. The summed E-state index contributed by atoms with van der Waals surface area (Å²) >= 11 is 0. The van der Waals surface area contributed by atoms with Gasteiger partial charge in [-0.15, -0.1) is 0 Å². The van der Waals surface area contributed by atoms with E-state index in [1.807, 2.05) is 0 Å². The number of phenolic OH excluding ortho intramolecular Hbond substituents is 1. The number of carbonyl (C=O) groups is 2. The number of aryl methyl sites for hydroxylation is 1. The smallest absolute Gasteiger partial charge is 0.255 e. The average Bonchev–Trinajstić information content (AvgIpc) is 2.81. The highest BCUT2D eigenvalue weighted by Crippen LogP contribution is 2.30. The minimum atomic E-state index is -0.497. The van der Waals surface area contributed by atoms with Crippen LogP contribution in [-0.4, -0.2) is 28.4 Å². The Hall–Kier alpha value is -4.26. The minimum Gasteiger partial charge on any atom is -0.508 e. The van der Waals surface area contributed by atoms with Crippen molar-refractivity contribution in [1.29, 1.82) is 0 Å². The van der Waals surface area contributed by atoms with E-state index in [2.05, 4.69) is 10.3 Å². The number of hydrogen-bond acceptors (Lipinski definition) is 5. The Morgan fingerprint density at radius 3 is 2.70 bits per heavy atom. The zero-order valence-corrected chi connectivity index (χ0v) is 17.8. The number of aromatic hydroxyl groups is 1. The van der Waals surface area contributed by atoms with Crippen LogP contribution in [0.4, 0.5) is 10.1 Å². The van der Waals surface area contributed by atoms with Gasteiger partial charge < -0.3 is 15.2 Å². The van der Waals surface area contributed by atoms with E-state index < -0.39 is 11.7 Å². The van der Waals surface area contributed by atoms with Crippen LogP contribution in [0.3, 0.4) is 0 Å². The van der Waals surface area contributed by atoms with Crippen LogP contribution in [-0.2, 0) is 11.2 Å². The van der Waals surface area contributed by atoms with Crippen LogP contribution in [0.5, 0.6) is 11.5 Å². The number of nitrogens with zero attached hydrogens (tertiary/aromatic N) is 1. The third kappa shape index (κ3) is 5.15. The number of ether oxygens (including phenoxy) is 1. The zero-order chi connectivity index (χ0) is 23.4. The molecule has 7 heteroatoms. The van der Waals surface area contributed by atoms with Gasteiger partial charge in [-0.25, -0.2) is 4.39 Å². The Morgan fingerprint density at radius 1 is 1.06 bits per heavy atom. The van der Waals surface area contributed by atoms with Crippen LogP contribution in [0.15, 0.2) is 72.9 Å². The van der Waals surface area contributed by atoms with Gasteiger partial charge in [0, 0.05) is 23.6 Å². The molecule has 0 unspecified atom stereocenters. The molecule has 166 valence electrons. The molecule has 3 aromatic carbocycles. The molecule has 4 rings (SSSR count). The van der Waals surface area contributed by atoms with Gasteiger partial charge in [-0.1, -0.05) is 18.2 Å². The molecule has 0 bridgehead atoms. The molecule has 0 fully saturated rings. The highest BCUT2D eigenvalue weighted by Gasteiger charge is 2.14. The second kappa shape index (κ2) is 9.48. The van der Waals surface area contributed by atoms with Crippen LogP contribution in [0.1, 0.15) is 21.5 Å². The fourth-order valence-corrected chi connectivity index (χ4v) is 3.40. The van der Waals surface area contributed by atoms with E-state index in [1.165, 1.54) is 18.2 Å². The number of phenols is 1. The largest absolute Gasteiger partial charge is 0.508 e. The molecule has 0 saturated carbocycles. The van der Waals surface area contributed by atoms with Crippen molar-refractivity contribution in [3.05, 3.63) is 95.4 Å². The quantitative estimate of drug-likeness (QED) is 0.426. The predicted octanol–water partition coefficient (Wildman–Crippen LogP) is 4.83. The molecule has 0 aliphatic rings. The van der Waals surface area contributed by atoms with Crippen LogP contribution < -0.4 is 10.1 Å². The molecule has 0 spiro atoms. The van der Waals surface area contributed by atoms with Crippen LogP contribution in [0, 0.1) is 12.7 Å². The van der Waals surface area contributed by atoms with E-state index in [0.29, 0.717) is 27.9 Å². The lowest BCUT2D eigenvalue weighted by Crippen LogP contribution is -2.15. The van der Waals surface area contributed by atoms with Gasteiger partial charge in [0.2, 0.25) is 0 Å². The second-order valence-electron chi connectivity index (χ2n) is 7.60. The predicted molar refractivity (Wildman–Crippen MR) is 123 cm³/mol. The Bertz CT molecular complexity index is 1350. The molecule has 0 radical (unpaired) electrons. The number of rotatable bonds is 7. The van der Waals surface area contributed by atoms with E-state index in [0.717, 1.165) is 11.6 Å². The third-order valence-corrected chi connectivity index (χ3v) is 5.13. The summed E-state index contributed by atoms with van der Waals surface area (Å²) in [6.45, 7) is 1.61. The number of Topliss-reactive ketones (excluding diaryl/α,β-unsaturated/α-hetero) is 1. The lowest BCUT2D eigenvalue weighted by atomic mass is 10.1. The molecule has 2 N–H and O–H groups in total. The number of amides is 1. The van der Waals surface area contributed by atoms with Crippen molar-refractivity contribution in [3.63, 3.8) is 0 Å². The summed E-state index contributed by atoms with van der Waals surface area (Å²) < 4.78 is 19.2. The van der Waals surface area contributed by atoms with Crippen molar-refractivity contribution in [1.82, 2.24) is 4.98 Å². The number of ketones is 1. The van der Waals surface area contributed by atoms with Crippen LogP contribution >= 0.6 is 0 Å². The zero-order valence-electron chi connectivity index (χ0n) is 17.8. The van der Waals surface area contributed by atoms with Crippen molar-refractivity contribution in [2.75, 3.05) is 11.9 Å². The fourth-order valence-electron chi connectivity index (χ4n) is 3.40. The Kier molecular flexibility index (Phi) is 6.31. The van der Waals surface area contributed by atoms with Gasteiger partial charge in [-0.05, 0) is 66.6 Å². The number of halogens is 1. The van der Waals surface area contributed by atoms with E-state index in [9.17, 15) is 19.1 Å². The number of fused-ring (bicyclic) bond motifs is 1. The van der Waals surface area contributed by atoms with Crippen LogP contribution in [0.25, 0.3) is 10.9 Å². The summed E-state index contributed by atoms with van der Waals surface area (Å²) in [5.74, 6) is -0.569. The van der Waals surface area contributed by atoms with Crippen LogP contribution in [0.2, 0.25) is 0 Å². The Balaban J connectivity index is 1.49. The minimum absolute atomic E-state index is 0.126. The summed E-state index contributed by atoms with van der Waals surface area (Å²) in [5.41, 5.74) is 2.60. The first-order chi connectivity index (χ1) is 15.9. The summed E-state index contributed by atoms with van der Waals surface area (Å²) in [6.07, 6.45) is 1.71. The second-order valence-corrected chi connectivity index (χ2v) is 7.60. The number of anilines is 1. The molecular weight excluding hydrogens is 423 g/mol. The van der Waals surface area contributed by atoms with Crippen molar-refractivity contribution in [3.8, 4) is 11.5 Å². The molecule has 0 aliphatic carbocycles. The number of carbonyl (C=O) groups excluding carboxylic acids is 2. The molecule has 33 heavy (non-hydrogen) atoms. The summed E-state index contributed by atoms with van der Waals surface area (Å²) in [6, 6.07) is 17.3. The lowest BCUT2D eigenvalue weighted by molar-refractivity contribution is -0.120. The van der Waals surface area contributed by atoms with Gasteiger partial charge in [0.1, 0.15) is 29.4 Å². The first-order valence-electron chi connectivity index (χ1n) is 10.3. The maximum Gasteiger partial charge on any atom is 0.255 e.